The van der Waals surface area contributed by atoms with Gasteiger partial charge in [0.1, 0.15) is 11.2 Å². The molecule has 0 spiro atoms. The van der Waals surface area contributed by atoms with Crippen LogP contribution in [0.3, 0.4) is 0 Å². The number of furan rings is 1. The Morgan fingerprint density at radius 1 is 0.548 bits per heavy atom. The Morgan fingerprint density at radius 2 is 1.06 bits per heavy atom. The highest BCUT2D eigenvalue weighted by molar-refractivity contribution is 6.14. The molecule has 3 aromatic carbocycles. The van der Waals surface area contributed by atoms with Crippen molar-refractivity contribution in [1.82, 2.24) is 0 Å². The van der Waals surface area contributed by atoms with Gasteiger partial charge in [0, 0.05) is 10.8 Å². The molecule has 31 heavy (non-hydrogen) atoms. The summed E-state index contributed by atoms with van der Waals surface area (Å²) in [6, 6.07) is 20.1. The van der Waals surface area contributed by atoms with Crippen LogP contribution in [0.4, 0.5) is 0 Å². The van der Waals surface area contributed by atoms with Gasteiger partial charge in [-0.3, -0.25) is 0 Å². The SMILES string of the molecule is CC(C)(C)c1cc(-c2cccc3oc4cccc(C(C)(C)C)c4c23)cc(C(C)(C)C)c1. The Hall–Kier alpha value is -2.54. The fourth-order valence-electron chi connectivity index (χ4n) is 4.38. The quantitative estimate of drug-likeness (QED) is 0.304. The predicted molar refractivity (Wildman–Crippen MR) is 135 cm³/mol. The molecule has 0 aliphatic rings. The van der Waals surface area contributed by atoms with E-state index in [1.54, 1.807) is 0 Å². The van der Waals surface area contributed by atoms with Gasteiger partial charge in [-0.15, -0.1) is 0 Å². The summed E-state index contributed by atoms with van der Waals surface area (Å²) < 4.78 is 6.35. The van der Waals surface area contributed by atoms with Crippen molar-refractivity contribution >= 4 is 21.9 Å². The zero-order valence-corrected chi connectivity index (χ0v) is 20.6. The minimum Gasteiger partial charge on any atom is -0.456 e. The van der Waals surface area contributed by atoms with Crippen molar-refractivity contribution in [3.05, 3.63) is 71.3 Å². The van der Waals surface area contributed by atoms with Crippen LogP contribution in [0.15, 0.2) is 59.0 Å². The van der Waals surface area contributed by atoms with E-state index in [1.807, 2.05) is 0 Å². The molecule has 1 heteroatoms. The van der Waals surface area contributed by atoms with Gasteiger partial charge in [-0.2, -0.15) is 0 Å². The molecular formula is C30H36O. The second kappa shape index (κ2) is 6.99. The molecule has 0 saturated carbocycles. The predicted octanol–water partition coefficient (Wildman–Crippen LogP) is 9.15. The van der Waals surface area contributed by atoms with E-state index in [-0.39, 0.29) is 16.2 Å². The molecule has 0 fully saturated rings. The van der Waals surface area contributed by atoms with Crippen LogP contribution in [-0.2, 0) is 16.2 Å². The van der Waals surface area contributed by atoms with E-state index < -0.39 is 0 Å². The molecule has 0 amide bonds. The Labute approximate surface area is 187 Å². The molecular weight excluding hydrogens is 376 g/mol. The lowest BCUT2D eigenvalue weighted by molar-refractivity contribution is 0.569. The average Bonchev–Trinajstić information content (AvgIpc) is 3.04. The third kappa shape index (κ3) is 3.91. The number of hydrogen-bond acceptors (Lipinski definition) is 1. The topological polar surface area (TPSA) is 13.1 Å². The van der Waals surface area contributed by atoms with Gasteiger partial charge in [-0.05, 0) is 56.2 Å². The van der Waals surface area contributed by atoms with E-state index in [0.29, 0.717) is 0 Å². The van der Waals surface area contributed by atoms with Crippen LogP contribution in [0.1, 0.15) is 79.0 Å². The summed E-state index contributed by atoms with van der Waals surface area (Å²) in [7, 11) is 0. The third-order valence-corrected chi connectivity index (χ3v) is 6.31. The van der Waals surface area contributed by atoms with E-state index >= 15 is 0 Å². The van der Waals surface area contributed by atoms with Crippen molar-refractivity contribution in [2.75, 3.05) is 0 Å². The second-order valence-corrected chi connectivity index (χ2v) is 12.0. The summed E-state index contributed by atoms with van der Waals surface area (Å²) >= 11 is 0. The van der Waals surface area contributed by atoms with Gasteiger partial charge in [0.05, 0.1) is 0 Å². The Balaban J connectivity index is 2.12. The standard InChI is InChI=1S/C30H36O/c1-28(2,3)20-16-19(17-21(18-20)29(4,5)6)22-12-10-14-24-26(22)27-23(30(7,8)9)13-11-15-25(27)31-24/h10-18H,1-9H3. The van der Waals surface area contributed by atoms with Crippen LogP contribution in [0.2, 0.25) is 0 Å². The minimum absolute atomic E-state index is 0.0350. The maximum atomic E-state index is 6.35. The zero-order valence-electron chi connectivity index (χ0n) is 20.6. The Bertz CT molecular complexity index is 1230. The fraction of sp³-hybridized carbons (Fsp3) is 0.400. The highest BCUT2D eigenvalue weighted by Crippen LogP contribution is 2.43. The van der Waals surface area contributed by atoms with Crippen LogP contribution in [0, 0.1) is 0 Å². The average molecular weight is 413 g/mol. The lowest BCUT2D eigenvalue weighted by Crippen LogP contribution is -2.16. The maximum Gasteiger partial charge on any atom is 0.136 e. The summed E-state index contributed by atoms with van der Waals surface area (Å²) in [5.74, 6) is 0. The smallest absolute Gasteiger partial charge is 0.136 e. The molecule has 4 rings (SSSR count). The van der Waals surface area contributed by atoms with E-state index in [9.17, 15) is 0 Å². The van der Waals surface area contributed by atoms with Crippen LogP contribution < -0.4 is 0 Å². The van der Waals surface area contributed by atoms with E-state index in [4.69, 9.17) is 4.42 Å². The van der Waals surface area contributed by atoms with Gasteiger partial charge in [0.2, 0.25) is 0 Å². The molecule has 0 saturated heterocycles. The van der Waals surface area contributed by atoms with Crippen molar-refractivity contribution in [2.45, 2.75) is 78.6 Å². The Kier molecular flexibility index (Phi) is 4.89. The van der Waals surface area contributed by atoms with Crippen molar-refractivity contribution in [3.8, 4) is 11.1 Å². The first-order valence-electron chi connectivity index (χ1n) is 11.4. The molecule has 4 aromatic rings. The lowest BCUT2D eigenvalue weighted by atomic mass is 9.78. The molecule has 0 radical (unpaired) electrons. The lowest BCUT2D eigenvalue weighted by Gasteiger charge is -2.26. The maximum absolute atomic E-state index is 6.35. The molecule has 0 aliphatic carbocycles. The second-order valence-electron chi connectivity index (χ2n) is 12.0. The largest absolute Gasteiger partial charge is 0.456 e. The van der Waals surface area contributed by atoms with Gasteiger partial charge >= 0.3 is 0 Å². The fourth-order valence-corrected chi connectivity index (χ4v) is 4.38. The van der Waals surface area contributed by atoms with Crippen LogP contribution in [0.25, 0.3) is 33.1 Å². The van der Waals surface area contributed by atoms with Gasteiger partial charge in [0.25, 0.3) is 0 Å². The van der Waals surface area contributed by atoms with Crippen molar-refractivity contribution in [1.29, 1.82) is 0 Å². The third-order valence-electron chi connectivity index (χ3n) is 6.31. The van der Waals surface area contributed by atoms with Crippen molar-refractivity contribution < 1.29 is 4.42 Å². The summed E-state index contributed by atoms with van der Waals surface area (Å²) in [6.07, 6.45) is 0. The molecule has 1 aromatic heterocycles. The summed E-state index contributed by atoms with van der Waals surface area (Å²) in [5, 5.41) is 2.48. The minimum atomic E-state index is 0.0350. The highest BCUT2D eigenvalue weighted by atomic mass is 16.3. The molecule has 0 N–H and O–H groups in total. The molecule has 0 bridgehead atoms. The van der Waals surface area contributed by atoms with E-state index in [0.717, 1.165) is 11.2 Å². The highest BCUT2D eigenvalue weighted by Gasteiger charge is 2.24. The van der Waals surface area contributed by atoms with Gasteiger partial charge in [-0.1, -0.05) is 105 Å². The van der Waals surface area contributed by atoms with Crippen molar-refractivity contribution in [3.63, 3.8) is 0 Å². The van der Waals surface area contributed by atoms with Gasteiger partial charge < -0.3 is 4.42 Å². The normalized spacial score (nSPS) is 13.3. The first-order valence-corrected chi connectivity index (χ1v) is 11.4. The first kappa shape index (κ1) is 21.7. The first-order chi connectivity index (χ1) is 14.3. The van der Waals surface area contributed by atoms with E-state index in [2.05, 4.69) is 117 Å². The number of rotatable bonds is 1. The van der Waals surface area contributed by atoms with Crippen LogP contribution >= 0.6 is 0 Å². The Morgan fingerprint density at radius 3 is 1.58 bits per heavy atom. The van der Waals surface area contributed by atoms with Crippen LogP contribution in [-0.4, -0.2) is 0 Å². The molecule has 1 nitrogen and oxygen atoms in total. The summed E-state index contributed by atoms with van der Waals surface area (Å²) in [6.45, 7) is 20.6. The summed E-state index contributed by atoms with van der Waals surface area (Å²) in [5.41, 5.74) is 8.73. The van der Waals surface area contributed by atoms with Gasteiger partial charge in [0.15, 0.2) is 0 Å². The molecule has 0 unspecified atom stereocenters. The van der Waals surface area contributed by atoms with Gasteiger partial charge in [-0.25, -0.2) is 0 Å². The van der Waals surface area contributed by atoms with Crippen molar-refractivity contribution in [2.24, 2.45) is 0 Å². The molecule has 162 valence electrons. The van der Waals surface area contributed by atoms with Crippen LogP contribution in [0.5, 0.6) is 0 Å². The van der Waals surface area contributed by atoms with E-state index in [1.165, 1.54) is 38.6 Å². The molecule has 0 aliphatic heterocycles. The number of benzene rings is 3. The number of fused-ring (bicyclic) bond motifs is 3. The zero-order chi connectivity index (χ0) is 22.8. The number of hydrogen-bond donors (Lipinski definition) is 0. The monoisotopic (exact) mass is 412 g/mol. The molecule has 1 heterocycles. The molecule has 0 atom stereocenters. The summed E-state index contributed by atoms with van der Waals surface area (Å²) in [4.78, 5) is 0.